The van der Waals surface area contributed by atoms with Crippen molar-refractivity contribution >= 4 is 22.6 Å². The maximum Gasteiger partial charge on any atom is 0.252 e. The van der Waals surface area contributed by atoms with Gasteiger partial charge in [-0.15, -0.1) is 0 Å². The SMILES string of the molecule is NC(=O)[C@H](Cc1cccc(OCc2ccccc2)c1)NC(=O)c1cccc2ccccc12. The maximum absolute atomic E-state index is 12.9. The Hall–Kier alpha value is -4.12. The summed E-state index contributed by atoms with van der Waals surface area (Å²) in [5.41, 5.74) is 8.03. The zero-order valence-electron chi connectivity index (χ0n) is 17.5. The molecule has 0 aliphatic carbocycles. The minimum absolute atomic E-state index is 0.272. The van der Waals surface area contributed by atoms with Crippen LogP contribution < -0.4 is 15.8 Å². The van der Waals surface area contributed by atoms with Crippen molar-refractivity contribution in [1.82, 2.24) is 5.32 Å². The van der Waals surface area contributed by atoms with Crippen molar-refractivity contribution in [2.45, 2.75) is 19.1 Å². The average molecular weight is 425 g/mol. The molecule has 0 spiro atoms. The van der Waals surface area contributed by atoms with Crippen LogP contribution in [0.5, 0.6) is 5.75 Å². The summed E-state index contributed by atoms with van der Waals surface area (Å²) < 4.78 is 5.87. The lowest BCUT2D eigenvalue weighted by Gasteiger charge is -2.17. The van der Waals surface area contributed by atoms with Crippen molar-refractivity contribution in [3.8, 4) is 5.75 Å². The van der Waals surface area contributed by atoms with Gasteiger partial charge in [-0.3, -0.25) is 9.59 Å². The molecule has 0 radical (unpaired) electrons. The number of benzene rings is 4. The number of amides is 2. The van der Waals surface area contributed by atoms with E-state index in [9.17, 15) is 9.59 Å². The van der Waals surface area contributed by atoms with Gasteiger partial charge in [0.1, 0.15) is 18.4 Å². The number of carbonyl (C=O) groups excluding carboxylic acids is 2. The van der Waals surface area contributed by atoms with Crippen molar-refractivity contribution < 1.29 is 14.3 Å². The van der Waals surface area contributed by atoms with Crippen LogP contribution >= 0.6 is 0 Å². The van der Waals surface area contributed by atoms with Crippen molar-refractivity contribution in [1.29, 1.82) is 0 Å². The second-order valence-corrected chi connectivity index (χ2v) is 7.58. The van der Waals surface area contributed by atoms with Gasteiger partial charge in [0.05, 0.1) is 0 Å². The van der Waals surface area contributed by atoms with Crippen LogP contribution in [0.15, 0.2) is 97.1 Å². The average Bonchev–Trinajstić information content (AvgIpc) is 2.83. The lowest BCUT2D eigenvalue weighted by Crippen LogP contribution is -2.45. The van der Waals surface area contributed by atoms with E-state index in [0.717, 1.165) is 21.9 Å². The molecule has 0 aromatic heterocycles. The molecule has 0 fully saturated rings. The number of primary amides is 1. The standard InChI is InChI=1S/C27H24N2O3/c28-26(30)25(29-27(31)24-15-7-12-21-11-4-5-14-23(21)24)17-20-10-6-13-22(16-20)32-18-19-8-2-1-3-9-19/h1-16,25H,17-18H2,(H2,28,30)(H,29,31)/t25-/m0/s1. The van der Waals surface area contributed by atoms with Gasteiger partial charge in [0, 0.05) is 12.0 Å². The summed E-state index contributed by atoms with van der Waals surface area (Å²) in [4.78, 5) is 25.1. The van der Waals surface area contributed by atoms with E-state index < -0.39 is 11.9 Å². The van der Waals surface area contributed by atoms with Crippen LogP contribution in [0.2, 0.25) is 0 Å². The van der Waals surface area contributed by atoms with Crippen molar-refractivity contribution in [2.24, 2.45) is 5.73 Å². The van der Waals surface area contributed by atoms with Crippen LogP contribution in [0.1, 0.15) is 21.5 Å². The highest BCUT2D eigenvalue weighted by atomic mass is 16.5. The Balaban J connectivity index is 1.46. The molecule has 4 aromatic rings. The number of nitrogens with two attached hydrogens (primary N) is 1. The highest BCUT2D eigenvalue weighted by Crippen LogP contribution is 2.20. The molecule has 0 bridgehead atoms. The molecule has 0 saturated heterocycles. The van der Waals surface area contributed by atoms with E-state index in [1.807, 2.05) is 91.0 Å². The van der Waals surface area contributed by atoms with Gasteiger partial charge in [-0.25, -0.2) is 0 Å². The molecule has 0 aliphatic rings. The summed E-state index contributed by atoms with van der Waals surface area (Å²) in [6.07, 6.45) is 0.272. The Morgan fingerprint density at radius 1 is 0.812 bits per heavy atom. The topological polar surface area (TPSA) is 81.4 Å². The summed E-state index contributed by atoms with van der Waals surface area (Å²) >= 11 is 0. The van der Waals surface area contributed by atoms with E-state index in [0.29, 0.717) is 17.9 Å². The smallest absolute Gasteiger partial charge is 0.252 e. The van der Waals surface area contributed by atoms with Gasteiger partial charge in [0.15, 0.2) is 0 Å². The molecule has 0 unspecified atom stereocenters. The molecule has 0 aliphatic heterocycles. The van der Waals surface area contributed by atoms with Gasteiger partial charge in [-0.2, -0.15) is 0 Å². The highest BCUT2D eigenvalue weighted by molar-refractivity contribution is 6.08. The van der Waals surface area contributed by atoms with Crippen LogP contribution in [0, 0.1) is 0 Å². The number of nitrogens with one attached hydrogen (secondary N) is 1. The van der Waals surface area contributed by atoms with Gasteiger partial charge >= 0.3 is 0 Å². The molecule has 5 nitrogen and oxygen atoms in total. The molecule has 0 heterocycles. The van der Waals surface area contributed by atoms with Crippen LogP contribution in [0.25, 0.3) is 10.8 Å². The number of fused-ring (bicyclic) bond motifs is 1. The van der Waals surface area contributed by atoms with E-state index in [-0.39, 0.29) is 12.3 Å². The van der Waals surface area contributed by atoms with Gasteiger partial charge in [0.2, 0.25) is 5.91 Å². The van der Waals surface area contributed by atoms with Gasteiger partial charge < -0.3 is 15.8 Å². The van der Waals surface area contributed by atoms with E-state index >= 15 is 0 Å². The Kier molecular flexibility index (Phi) is 6.46. The van der Waals surface area contributed by atoms with Gasteiger partial charge in [-0.1, -0.05) is 78.9 Å². The number of rotatable bonds is 8. The van der Waals surface area contributed by atoms with Crippen molar-refractivity contribution in [2.75, 3.05) is 0 Å². The van der Waals surface area contributed by atoms with E-state index in [2.05, 4.69) is 5.32 Å². The fraction of sp³-hybridized carbons (Fsp3) is 0.111. The predicted octanol–water partition coefficient (Wildman–Crippen LogP) is 4.25. The summed E-state index contributed by atoms with van der Waals surface area (Å²) in [6, 6.07) is 29.6. The second-order valence-electron chi connectivity index (χ2n) is 7.58. The first-order valence-corrected chi connectivity index (χ1v) is 10.4. The quantitative estimate of drug-likeness (QED) is 0.444. The Labute approximate surface area is 186 Å². The van der Waals surface area contributed by atoms with Crippen LogP contribution in [0.4, 0.5) is 0 Å². The van der Waals surface area contributed by atoms with Crippen LogP contribution in [0.3, 0.4) is 0 Å². The fourth-order valence-corrected chi connectivity index (χ4v) is 3.62. The molecule has 4 aromatic carbocycles. The van der Waals surface area contributed by atoms with Crippen LogP contribution in [-0.2, 0) is 17.8 Å². The zero-order chi connectivity index (χ0) is 22.3. The Bertz CT molecular complexity index is 1230. The monoisotopic (exact) mass is 424 g/mol. The summed E-state index contributed by atoms with van der Waals surface area (Å²) in [5.74, 6) is -0.230. The van der Waals surface area contributed by atoms with Gasteiger partial charge in [0.25, 0.3) is 5.91 Å². The van der Waals surface area contributed by atoms with E-state index in [1.165, 1.54) is 0 Å². The maximum atomic E-state index is 12.9. The highest BCUT2D eigenvalue weighted by Gasteiger charge is 2.21. The lowest BCUT2D eigenvalue weighted by atomic mass is 10.0. The van der Waals surface area contributed by atoms with Crippen molar-refractivity contribution in [3.63, 3.8) is 0 Å². The first kappa shape index (κ1) is 21.1. The summed E-state index contributed by atoms with van der Waals surface area (Å²) in [5, 5.41) is 4.58. The molecular weight excluding hydrogens is 400 g/mol. The first-order chi connectivity index (χ1) is 15.6. The fourth-order valence-electron chi connectivity index (χ4n) is 3.62. The molecule has 2 amide bonds. The van der Waals surface area contributed by atoms with E-state index in [1.54, 1.807) is 6.07 Å². The van der Waals surface area contributed by atoms with Gasteiger partial charge in [-0.05, 0) is 40.1 Å². The molecule has 0 saturated carbocycles. The third-order valence-corrected chi connectivity index (χ3v) is 5.27. The number of hydrogen-bond donors (Lipinski definition) is 2. The summed E-state index contributed by atoms with van der Waals surface area (Å²) in [7, 11) is 0. The number of hydrogen-bond acceptors (Lipinski definition) is 3. The Morgan fingerprint density at radius 3 is 2.31 bits per heavy atom. The molecule has 1 atom stereocenters. The number of carbonyl (C=O) groups is 2. The summed E-state index contributed by atoms with van der Waals surface area (Å²) in [6.45, 7) is 0.446. The number of ether oxygens (including phenoxy) is 1. The molecule has 3 N–H and O–H groups in total. The van der Waals surface area contributed by atoms with E-state index in [4.69, 9.17) is 10.5 Å². The second kappa shape index (κ2) is 9.79. The third-order valence-electron chi connectivity index (χ3n) is 5.27. The molecule has 5 heteroatoms. The zero-order valence-corrected chi connectivity index (χ0v) is 17.5. The Morgan fingerprint density at radius 2 is 1.50 bits per heavy atom. The predicted molar refractivity (Wildman–Crippen MR) is 125 cm³/mol. The lowest BCUT2D eigenvalue weighted by molar-refractivity contribution is -0.119. The first-order valence-electron chi connectivity index (χ1n) is 10.4. The third kappa shape index (κ3) is 5.13. The van der Waals surface area contributed by atoms with Crippen molar-refractivity contribution in [3.05, 3.63) is 114 Å². The largest absolute Gasteiger partial charge is 0.489 e. The molecule has 4 rings (SSSR count). The van der Waals surface area contributed by atoms with Crippen LogP contribution in [-0.4, -0.2) is 17.9 Å². The minimum Gasteiger partial charge on any atom is -0.489 e. The molecular formula is C27H24N2O3. The minimum atomic E-state index is -0.842. The molecule has 160 valence electrons. The normalized spacial score (nSPS) is 11.6. The molecule has 32 heavy (non-hydrogen) atoms.